The van der Waals surface area contributed by atoms with Gasteiger partial charge in [-0.2, -0.15) is 0 Å². The van der Waals surface area contributed by atoms with Crippen LogP contribution in [0.1, 0.15) is 31.4 Å². The summed E-state index contributed by atoms with van der Waals surface area (Å²) in [6, 6.07) is 16.8. The van der Waals surface area contributed by atoms with Gasteiger partial charge in [0, 0.05) is 6.42 Å². The molecule has 0 spiro atoms. The molecule has 2 rings (SSSR count). The number of carbonyl (C=O) groups excluding carboxylic acids is 3. The summed E-state index contributed by atoms with van der Waals surface area (Å²) in [5.74, 6) is -1.28. The van der Waals surface area contributed by atoms with Crippen LogP contribution in [0.25, 0.3) is 0 Å². The largest absolute Gasteiger partial charge is 0.445 e. The molecule has 0 aliphatic rings. The minimum absolute atomic E-state index is 0.0967. The van der Waals surface area contributed by atoms with Gasteiger partial charge >= 0.3 is 6.09 Å². The van der Waals surface area contributed by atoms with Gasteiger partial charge in [-0.1, -0.05) is 80.9 Å². The molecule has 0 heterocycles. The number of hydrogen-bond acceptors (Lipinski definition) is 4. The highest BCUT2D eigenvalue weighted by Gasteiger charge is 2.29. The molecule has 3 atom stereocenters. The fourth-order valence-corrected chi connectivity index (χ4v) is 2.93. The zero-order valence-corrected chi connectivity index (χ0v) is 17.3. The van der Waals surface area contributed by atoms with Gasteiger partial charge in [0.2, 0.25) is 11.8 Å². The summed E-state index contributed by atoms with van der Waals surface area (Å²) in [6.07, 6.45) is 0.225. The van der Waals surface area contributed by atoms with Crippen molar-refractivity contribution in [1.82, 2.24) is 10.6 Å². The Kier molecular flexibility index (Phi) is 8.87. The number of nitrogens with two attached hydrogens (primary N) is 1. The van der Waals surface area contributed by atoms with E-state index in [1.54, 1.807) is 0 Å². The highest BCUT2D eigenvalue weighted by molar-refractivity contribution is 5.91. The molecule has 2 aromatic carbocycles. The van der Waals surface area contributed by atoms with Crippen LogP contribution in [0.3, 0.4) is 0 Å². The quantitative estimate of drug-likeness (QED) is 0.558. The molecule has 2 aromatic rings. The van der Waals surface area contributed by atoms with E-state index in [0.717, 1.165) is 11.1 Å². The molecule has 0 aromatic heterocycles. The fraction of sp³-hybridized carbons (Fsp3) is 0.348. The number of primary amides is 1. The molecular formula is C23H29N3O4. The fourth-order valence-electron chi connectivity index (χ4n) is 2.93. The van der Waals surface area contributed by atoms with Gasteiger partial charge in [0.15, 0.2) is 0 Å². The number of ether oxygens (including phenoxy) is 1. The van der Waals surface area contributed by atoms with Gasteiger partial charge < -0.3 is 21.1 Å². The minimum Gasteiger partial charge on any atom is -0.445 e. The molecule has 30 heavy (non-hydrogen) atoms. The topological polar surface area (TPSA) is 111 Å². The summed E-state index contributed by atoms with van der Waals surface area (Å²) in [5.41, 5.74) is 7.20. The second-order valence-corrected chi connectivity index (χ2v) is 7.22. The number of benzene rings is 2. The summed E-state index contributed by atoms with van der Waals surface area (Å²) in [4.78, 5) is 37.0. The van der Waals surface area contributed by atoms with E-state index >= 15 is 0 Å². The Labute approximate surface area is 177 Å². The third-order valence-electron chi connectivity index (χ3n) is 4.92. The molecule has 0 radical (unpaired) electrons. The van der Waals surface area contributed by atoms with E-state index in [9.17, 15) is 14.4 Å². The van der Waals surface area contributed by atoms with Crippen molar-refractivity contribution in [3.8, 4) is 0 Å². The first-order valence-electron chi connectivity index (χ1n) is 10.0. The Morgan fingerprint density at radius 2 is 1.50 bits per heavy atom. The van der Waals surface area contributed by atoms with Crippen molar-refractivity contribution in [2.45, 2.75) is 45.4 Å². The standard InChI is InChI=1S/C23H29N3O4/c1-3-16(2)20(26-23(29)30-15-18-12-8-5-9-13-18)22(28)25-19(21(24)27)14-17-10-6-4-7-11-17/h4-13,16,19-20H,3,14-15H2,1-2H3,(H2,24,27)(H,25,28)(H,26,29). The summed E-state index contributed by atoms with van der Waals surface area (Å²) in [7, 11) is 0. The van der Waals surface area contributed by atoms with Crippen molar-refractivity contribution in [3.63, 3.8) is 0 Å². The van der Waals surface area contributed by atoms with Crippen LogP contribution in [0, 0.1) is 5.92 Å². The first kappa shape index (κ1) is 22.9. The van der Waals surface area contributed by atoms with Crippen LogP contribution in [0.2, 0.25) is 0 Å². The van der Waals surface area contributed by atoms with Gasteiger partial charge in [0.25, 0.3) is 0 Å². The van der Waals surface area contributed by atoms with Gasteiger partial charge in [-0.15, -0.1) is 0 Å². The van der Waals surface area contributed by atoms with E-state index in [1.807, 2.05) is 74.5 Å². The molecular weight excluding hydrogens is 382 g/mol. The van der Waals surface area contributed by atoms with Gasteiger partial charge in [-0.05, 0) is 17.0 Å². The second-order valence-electron chi connectivity index (χ2n) is 7.22. The van der Waals surface area contributed by atoms with Crippen molar-refractivity contribution >= 4 is 17.9 Å². The minimum atomic E-state index is -0.881. The summed E-state index contributed by atoms with van der Waals surface area (Å²) in [5, 5.41) is 5.30. The van der Waals surface area contributed by atoms with Crippen LogP contribution in [0.5, 0.6) is 0 Å². The van der Waals surface area contributed by atoms with Crippen LogP contribution in [0.4, 0.5) is 4.79 Å². The monoisotopic (exact) mass is 411 g/mol. The van der Waals surface area contributed by atoms with Crippen molar-refractivity contribution in [2.75, 3.05) is 0 Å². The lowest BCUT2D eigenvalue weighted by atomic mass is 9.97. The smallest absolute Gasteiger partial charge is 0.408 e. The average molecular weight is 412 g/mol. The molecule has 7 nitrogen and oxygen atoms in total. The normalized spacial score (nSPS) is 13.5. The van der Waals surface area contributed by atoms with Gasteiger partial charge in [-0.25, -0.2) is 4.79 Å². The molecule has 7 heteroatoms. The molecule has 0 saturated carbocycles. The van der Waals surface area contributed by atoms with Crippen LogP contribution >= 0.6 is 0 Å². The van der Waals surface area contributed by atoms with Gasteiger partial charge in [0.1, 0.15) is 18.7 Å². The zero-order chi connectivity index (χ0) is 21.9. The lowest BCUT2D eigenvalue weighted by molar-refractivity contribution is -0.129. The number of amides is 3. The Bertz CT molecular complexity index is 827. The first-order chi connectivity index (χ1) is 14.4. The maximum Gasteiger partial charge on any atom is 0.408 e. The predicted octanol–water partition coefficient (Wildman–Crippen LogP) is 2.54. The highest BCUT2D eigenvalue weighted by Crippen LogP contribution is 2.11. The maximum absolute atomic E-state index is 12.9. The van der Waals surface area contributed by atoms with Crippen molar-refractivity contribution in [1.29, 1.82) is 0 Å². The predicted molar refractivity (Wildman–Crippen MR) is 114 cm³/mol. The van der Waals surface area contributed by atoms with Crippen molar-refractivity contribution < 1.29 is 19.1 Å². The number of rotatable bonds is 10. The lowest BCUT2D eigenvalue weighted by Gasteiger charge is -2.25. The van der Waals surface area contributed by atoms with Crippen LogP contribution in [-0.4, -0.2) is 30.0 Å². The molecule has 0 saturated heterocycles. The van der Waals surface area contributed by atoms with Crippen LogP contribution < -0.4 is 16.4 Å². The Morgan fingerprint density at radius 3 is 2.03 bits per heavy atom. The number of nitrogens with one attached hydrogen (secondary N) is 2. The molecule has 0 bridgehead atoms. The molecule has 3 amide bonds. The van der Waals surface area contributed by atoms with Crippen LogP contribution in [-0.2, 0) is 27.4 Å². The molecule has 0 aliphatic carbocycles. The van der Waals surface area contributed by atoms with Crippen molar-refractivity contribution in [2.24, 2.45) is 11.7 Å². The Hall–Kier alpha value is -3.35. The molecule has 3 unspecified atom stereocenters. The molecule has 0 aliphatic heterocycles. The SMILES string of the molecule is CCC(C)C(NC(=O)OCc1ccccc1)C(=O)NC(Cc1ccccc1)C(N)=O. The average Bonchev–Trinajstić information content (AvgIpc) is 2.76. The number of hydrogen-bond donors (Lipinski definition) is 3. The van der Waals surface area contributed by atoms with Crippen molar-refractivity contribution in [3.05, 3.63) is 71.8 Å². The van der Waals surface area contributed by atoms with E-state index in [-0.39, 0.29) is 18.9 Å². The van der Waals surface area contributed by atoms with E-state index in [4.69, 9.17) is 10.5 Å². The lowest BCUT2D eigenvalue weighted by Crippen LogP contribution is -2.55. The van der Waals surface area contributed by atoms with Gasteiger partial charge in [0.05, 0.1) is 0 Å². The zero-order valence-electron chi connectivity index (χ0n) is 17.3. The Morgan fingerprint density at radius 1 is 0.933 bits per heavy atom. The van der Waals surface area contributed by atoms with E-state index in [1.165, 1.54) is 0 Å². The number of alkyl carbamates (subject to hydrolysis) is 1. The van der Waals surface area contributed by atoms with E-state index in [2.05, 4.69) is 10.6 Å². The summed E-state index contributed by atoms with van der Waals surface area (Å²) < 4.78 is 5.23. The van der Waals surface area contributed by atoms with Crippen LogP contribution in [0.15, 0.2) is 60.7 Å². The van der Waals surface area contributed by atoms with E-state index < -0.39 is 30.0 Å². The first-order valence-corrected chi connectivity index (χ1v) is 10.0. The molecule has 0 fully saturated rings. The Balaban J connectivity index is 2.00. The maximum atomic E-state index is 12.9. The van der Waals surface area contributed by atoms with E-state index in [0.29, 0.717) is 6.42 Å². The molecule has 160 valence electrons. The third kappa shape index (κ3) is 7.24. The third-order valence-corrected chi connectivity index (χ3v) is 4.92. The summed E-state index contributed by atoms with van der Waals surface area (Å²) >= 11 is 0. The highest BCUT2D eigenvalue weighted by atomic mass is 16.5. The number of carbonyl (C=O) groups is 3. The van der Waals surface area contributed by atoms with Gasteiger partial charge in [-0.3, -0.25) is 9.59 Å². The molecule has 4 N–H and O–H groups in total. The second kappa shape index (κ2) is 11.6. The summed E-state index contributed by atoms with van der Waals surface area (Å²) in [6.45, 7) is 3.86.